The summed E-state index contributed by atoms with van der Waals surface area (Å²) in [6.45, 7) is 1.15. The summed E-state index contributed by atoms with van der Waals surface area (Å²) in [4.78, 5) is 20.5. The Kier molecular flexibility index (Phi) is 4.06. The summed E-state index contributed by atoms with van der Waals surface area (Å²) in [5, 5.41) is 5.74. The maximum atomic E-state index is 12.7. The van der Waals surface area contributed by atoms with Crippen LogP contribution in [0.25, 0.3) is 11.3 Å². The highest BCUT2D eigenvalue weighted by molar-refractivity contribution is 5.92. The Labute approximate surface area is 152 Å². The third-order valence-corrected chi connectivity index (χ3v) is 4.18. The summed E-state index contributed by atoms with van der Waals surface area (Å²) in [6.07, 6.45) is -1.05. The maximum Gasteiger partial charge on any atom is 0.416 e. The molecule has 4 rings (SSSR count). The van der Waals surface area contributed by atoms with Crippen molar-refractivity contribution in [2.75, 3.05) is 11.9 Å². The van der Waals surface area contributed by atoms with E-state index in [1.54, 1.807) is 29.1 Å². The summed E-state index contributed by atoms with van der Waals surface area (Å²) in [5.41, 5.74) is 0.948. The monoisotopic (exact) mass is 373 g/mol. The molecule has 0 unspecified atom stereocenters. The van der Waals surface area contributed by atoms with E-state index in [-0.39, 0.29) is 5.91 Å². The number of hydrogen-bond donors (Lipinski definition) is 2. The third-order valence-electron chi connectivity index (χ3n) is 4.18. The second kappa shape index (κ2) is 6.42. The number of anilines is 2. The Balaban J connectivity index is 1.65. The number of imidazole rings is 1. The zero-order valence-electron chi connectivity index (χ0n) is 13.9. The number of pyridine rings is 1. The highest BCUT2D eigenvalue weighted by Crippen LogP contribution is 2.32. The van der Waals surface area contributed by atoms with Crippen LogP contribution in [0.4, 0.5) is 24.7 Å². The van der Waals surface area contributed by atoms with E-state index in [0.717, 1.165) is 12.1 Å². The number of halogens is 3. The van der Waals surface area contributed by atoms with Crippen molar-refractivity contribution in [2.45, 2.75) is 12.7 Å². The average Bonchev–Trinajstić information content (AvgIpc) is 3.07. The van der Waals surface area contributed by atoms with Crippen LogP contribution in [0.15, 0.2) is 48.8 Å². The van der Waals surface area contributed by atoms with Crippen molar-refractivity contribution >= 4 is 17.4 Å². The molecule has 0 radical (unpaired) electrons. The van der Waals surface area contributed by atoms with Crippen LogP contribution in [-0.2, 0) is 12.7 Å². The largest absolute Gasteiger partial charge is 0.416 e. The van der Waals surface area contributed by atoms with Gasteiger partial charge < -0.3 is 15.2 Å². The molecule has 3 aromatic rings. The first-order valence-electron chi connectivity index (χ1n) is 8.17. The normalized spacial score (nSPS) is 13.8. The van der Waals surface area contributed by atoms with Gasteiger partial charge in [0.15, 0.2) is 5.82 Å². The fourth-order valence-electron chi connectivity index (χ4n) is 2.86. The van der Waals surface area contributed by atoms with Crippen molar-refractivity contribution in [2.24, 2.45) is 0 Å². The van der Waals surface area contributed by atoms with Gasteiger partial charge >= 0.3 is 6.18 Å². The number of fused-ring (bicyclic) bond motifs is 1. The van der Waals surface area contributed by atoms with Crippen LogP contribution in [0.5, 0.6) is 0 Å². The molecule has 3 heterocycles. The molecule has 0 bridgehead atoms. The molecule has 2 N–H and O–H groups in total. The Bertz CT molecular complexity index is 995. The van der Waals surface area contributed by atoms with Gasteiger partial charge in [0.25, 0.3) is 5.91 Å². The van der Waals surface area contributed by atoms with Crippen molar-refractivity contribution < 1.29 is 18.0 Å². The van der Waals surface area contributed by atoms with Crippen molar-refractivity contribution in [3.05, 3.63) is 60.2 Å². The standard InChI is InChI=1S/C18H14F3N5O/c19-18(20,21)11-3-5-12(6-4-11)24-15-13(2-1-7-22-15)14-10-26-9-8-23-17(27)16(26)25-14/h1-7,10H,8-9H2,(H,22,24)(H,23,27). The predicted octanol–water partition coefficient (Wildman–Crippen LogP) is 3.45. The molecular formula is C18H14F3N5O. The second-order valence-corrected chi connectivity index (χ2v) is 6.00. The van der Waals surface area contributed by atoms with Crippen LogP contribution in [0.2, 0.25) is 0 Å². The molecule has 0 spiro atoms. The zero-order chi connectivity index (χ0) is 19.0. The van der Waals surface area contributed by atoms with Gasteiger partial charge in [-0.1, -0.05) is 0 Å². The molecule has 0 saturated carbocycles. The first kappa shape index (κ1) is 17.1. The summed E-state index contributed by atoms with van der Waals surface area (Å²) >= 11 is 0. The number of hydrogen-bond acceptors (Lipinski definition) is 4. The SMILES string of the molecule is O=C1NCCn2cc(-c3cccnc3Nc3ccc(C(F)(F)F)cc3)nc21. The molecule has 1 aromatic carbocycles. The number of carbonyl (C=O) groups excluding carboxylic acids is 1. The molecule has 6 nitrogen and oxygen atoms in total. The van der Waals surface area contributed by atoms with Crippen LogP contribution in [0.3, 0.4) is 0 Å². The van der Waals surface area contributed by atoms with E-state index in [9.17, 15) is 18.0 Å². The minimum Gasteiger partial charge on any atom is -0.348 e. The zero-order valence-corrected chi connectivity index (χ0v) is 13.9. The highest BCUT2D eigenvalue weighted by atomic mass is 19.4. The smallest absolute Gasteiger partial charge is 0.348 e. The van der Waals surface area contributed by atoms with Gasteiger partial charge in [-0.2, -0.15) is 13.2 Å². The van der Waals surface area contributed by atoms with Crippen LogP contribution in [0.1, 0.15) is 16.2 Å². The van der Waals surface area contributed by atoms with E-state index in [4.69, 9.17) is 0 Å². The molecule has 0 saturated heterocycles. The minimum absolute atomic E-state index is 0.242. The van der Waals surface area contributed by atoms with E-state index in [0.29, 0.717) is 41.7 Å². The van der Waals surface area contributed by atoms with Gasteiger partial charge in [-0.15, -0.1) is 0 Å². The summed E-state index contributed by atoms with van der Waals surface area (Å²) in [7, 11) is 0. The molecule has 9 heteroatoms. The first-order chi connectivity index (χ1) is 12.9. The van der Waals surface area contributed by atoms with Gasteiger partial charge in [-0.3, -0.25) is 4.79 Å². The predicted molar refractivity (Wildman–Crippen MR) is 92.5 cm³/mol. The van der Waals surface area contributed by atoms with Crippen LogP contribution < -0.4 is 10.6 Å². The third kappa shape index (κ3) is 3.35. The Morgan fingerprint density at radius 3 is 2.63 bits per heavy atom. The van der Waals surface area contributed by atoms with Crippen molar-refractivity contribution in [3.63, 3.8) is 0 Å². The van der Waals surface area contributed by atoms with Gasteiger partial charge in [-0.05, 0) is 36.4 Å². The number of amides is 1. The van der Waals surface area contributed by atoms with Crippen LogP contribution in [0, 0.1) is 0 Å². The lowest BCUT2D eigenvalue weighted by molar-refractivity contribution is -0.137. The quantitative estimate of drug-likeness (QED) is 0.738. The molecule has 0 atom stereocenters. The topological polar surface area (TPSA) is 71.8 Å². The summed E-state index contributed by atoms with van der Waals surface area (Å²) in [5.74, 6) is 0.516. The number of benzene rings is 1. The summed E-state index contributed by atoms with van der Waals surface area (Å²) in [6, 6.07) is 8.20. The Morgan fingerprint density at radius 2 is 1.93 bits per heavy atom. The van der Waals surface area contributed by atoms with E-state index in [1.807, 2.05) is 0 Å². The van der Waals surface area contributed by atoms with Gasteiger partial charge in [0.05, 0.1) is 11.3 Å². The molecule has 1 aliphatic rings. The highest BCUT2D eigenvalue weighted by Gasteiger charge is 2.30. The Hall–Kier alpha value is -3.36. The van der Waals surface area contributed by atoms with Crippen molar-refractivity contribution in [1.82, 2.24) is 19.9 Å². The number of rotatable bonds is 3. The van der Waals surface area contributed by atoms with Crippen molar-refractivity contribution in [3.8, 4) is 11.3 Å². The fourth-order valence-corrected chi connectivity index (χ4v) is 2.86. The molecular weight excluding hydrogens is 359 g/mol. The van der Waals surface area contributed by atoms with Gasteiger partial charge in [-0.25, -0.2) is 9.97 Å². The minimum atomic E-state index is -4.38. The lowest BCUT2D eigenvalue weighted by Crippen LogP contribution is -2.35. The molecule has 138 valence electrons. The molecule has 0 aliphatic carbocycles. The van der Waals surface area contributed by atoms with Gasteiger partial charge in [0.2, 0.25) is 0 Å². The maximum absolute atomic E-state index is 12.7. The number of nitrogens with zero attached hydrogens (tertiary/aromatic N) is 3. The second-order valence-electron chi connectivity index (χ2n) is 6.00. The van der Waals surface area contributed by atoms with Gasteiger partial charge in [0, 0.05) is 36.7 Å². The molecule has 27 heavy (non-hydrogen) atoms. The molecule has 2 aromatic heterocycles. The number of aromatic nitrogens is 3. The van der Waals surface area contributed by atoms with Crippen molar-refractivity contribution in [1.29, 1.82) is 0 Å². The first-order valence-corrected chi connectivity index (χ1v) is 8.17. The van der Waals surface area contributed by atoms with E-state index in [1.165, 1.54) is 12.1 Å². The number of alkyl halides is 3. The van der Waals surface area contributed by atoms with E-state index in [2.05, 4.69) is 20.6 Å². The molecule has 1 aliphatic heterocycles. The molecule has 1 amide bonds. The number of nitrogens with one attached hydrogen (secondary N) is 2. The average molecular weight is 373 g/mol. The van der Waals surface area contributed by atoms with E-state index >= 15 is 0 Å². The van der Waals surface area contributed by atoms with Gasteiger partial charge in [0.1, 0.15) is 5.82 Å². The Morgan fingerprint density at radius 1 is 1.15 bits per heavy atom. The molecule has 0 fully saturated rings. The summed E-state index contributed by atoms with van der Waals surface area (Å²) < 4.78 is 39.9. The van der Waals surface area contributed by atoms with E-state index < -0.39 is 11.7 Å². The van der Waals surface area contributed by atoms with Crippen LogP contribution in [-0.4, -0.2) is 27.0 Å². The fraction of sp³-hybridized carbons (Fsp3) is 0.167. The number of carbonyl (C=O) groups is 1. The lowest BCUT2D eigenvalue weighted by atomic mass is 10.1. The van der Waals surface area contributed by atoms with Crippen LogP contribution >= 0.6 is 0 Å². The lowest BCUT2D eigenvalue weighted by Gasteiger charge is -2.13.